The smallest absolute Gasteiger partial charge is 0.404 e. The number of nitrogens with one attached hydrogen (secondary N) is 1. The summed E-state index contributed by atoms with van der Waals surface area (Å²) in [5.41, 5.74) is 0.470. The quantitative estimate of drug-likeness (QED) is 0.382. The molecule has 210 valence electrons. The largest absolute Gasteiger partial charge is 0.461 e. The summed E-state index contributed by atoms with van der Waals surface area (Å²) in [6.07, 6.45) is -3.11. The van der Waals surface area contributed by atoms with Crippen LogP contribution in [0.5, 0.6) is 0 Å². The number of hydrogen-bond acceptors (Lipinski definition) is 7. The van der Waals surface area contributed by atoms with E-state index in [-0.39, 0.29) is 33.5 Å². The monoisotopic (exact) mass is 583 g/mol. The number of likely N-dealkylation sites (tertiary alicyclic amines) is 1. The minimum atomic E-state index is -4.77. The first-order valence-electron chi connectivity index (χ1n) is 12.4. The number of ether oxygens (including phenoxy) is 1. The molecule has 8 nitrogen and oxygen atoms in total. The first kappa shape index (κ1) is 29.0. The van der Waals surface area contributed by atoms with Crippen LogP contribution in [0.1, 0.15) is 53.9 Å². The van der Waals surface area contributed by atoms with Crippen molar-refractivity contribution in [3.05, 3.63) is 47.1 Å². The zero-order chi connectivity index (χ0) is 28.5. The summed E-state index contributed by atoms with van der Waals surface area (Å²) >= 11 is 0.949. The highest BCUT2D eigenvalue weighted by Crippen LogP contribution is 2.39. The van der Waals surface area contributed by atoms with E-state index in [4.69, 9.17) is 4.74 Å². The molecule has 1 atom stereocenters. The van der Waals surface area contributed by atoms with Gasteiger partial charge in [0.25, 0.3) is 5.91 Å². The molecule has 1 aromatic heterocycles. The summed E-state index contributed by atoms with van der Waals surface area (Å²) < 4.78 is 72.1. The van der Waals surface area contributed by atoms with Crippen molar-refractivity contribution in [2.24, 2.45) is 5.92 Å². The average Bonchev–Trinajstić information content (AvgIpc) is 3.33. The number of nitrogens with zero attached hydrogens (tertiary/aromatic N) is 2. The van der Waals surface area contributed by atoms with Gasteiger partial charge in [-0.1, -0.05) is 37.3 Å². The lowest BCUT2D eigenvalue weighted by atomic mass is 9.98. The van der Waals surface area contributed by atoms with Gasteiger partial charge in [-0.05, 0) is 44.1 Å². The number of hydrogen-bond donors (Lipinski definition) is 1. The van der Waals surface area contributed by atoms with E-state index >= 15 is 0 Å². The standard InChI is InChI=1S/C26H28F3N3O5S2/c1-4-37-25(34)23-30-21(24(33)32-13-11-15(2)12-14-32)22(38-23)19-9-10-20(18-8-6-5-7-17(18)19)39(35,36)31-16(3)26(27,28)29/h5-10,15-16,31H,4,11-14H2,1-3H3. The summed E-state index contributed by atoms with van der Waals surface area (Å²) in [5.74, 6) is -0.569. The first-order valence-corrected chi connectivity index (χ1v) is 14.7. The number of piperidine rings is 1. The first-order chi connectivity index (χ1) is 18.3. The Morgan fingerprint density at radius 2 is 1.79 bits per heavy atom. The second kappa shape index (κ2) is 11.2. The number of amides is 1. The number of aromatic nitrogens is 1. The van der Waals surface area contributed by atoms with Crippen LogP contribution in [0.4, 0.5) is 13.2 Å². The Balaban J connectivity index is 1.85. The molecular weight excluding hydrogens is 555 g/mol. The minimum absolute atomic E-state index is 0.0259. The van der Waals surface area contributed by atoms with E-state index < -0.39 is 28.2 Å². The molecule has 1 N–H and O–H groups in total. The average molecular weight is 584 g/mol. The summed E-state index contributed by atoms with van der Waals surface area (Å²) in [5, 5.41) is 0.510. The Morgan fingerprint density at radius 1 is 1.15 bits per heavy atom. The Kier molecular flexibility index (Phi) is 8.33. The maximum atomic E-state index is 13.6. The summed E-state index contributed by atoms with van der Waals surface area (Å²) in [6.45, 7) is 5.66. The molecular formula is C26H28F3N3O5S2. The van der Waals surface area contributed by atoms with Crippen LogP contribution in [0.15, 0.2) is 41.3 Å². The molecule has 1 aliphatic heterocycles. The van der Waals surface area contributed by atoms with E-state index in [2.05, 4.69) is 11.9 Å². The van der Waals surface area contributed by atoms with E-state index in [1.165, 1.54) is 18.2 Å². The van der Waals surface area contributed by atoms with Gasteiger partial charge in [-0.2, -0.15) is 17.9 Å². The van der Waals surface area contributed by atoms with Gasteiger partial charge in [0.05, 0.1) is 16.4 Å². The molecule has 0 bridgehead atoms. The summed E-state index contributed by atoms with van der Waals surface area (Å²) in [6, 6.07) is 6.62. The van der Waals surface area contributed by atoms with Gasteiger partial charge in [0.1, 0.15) is 11.7 Å². The van der Waals surface area contributed by atoms with Crippen molar-refractivity contribution >= 4 is 44.0 Å². The Hall–Kier alpha value is -3.03. The molecule has 0 aliphatic carbocycles. The zero-order valence-electron chi connectivity index (χ0n) is 21.5. The molecule has 1 fully saturated rings. The molecule has 1 amide bonds. The van der Waals surface area contributed by atoms with Crippen molar-refractivity contribution in [1.29, 1.82) is 0 Å². The topological polar surface area (TPSA) is 106 Å². The van der Waals surface area contributed by atoms with E-state index in [9.17, 15) is 31.2 Å². The van der Waals surface area contributed by atoms with Gasteiger partial charge in [0.2, 0.25) is 15.0 Å². The number of rotatable bonds is 7. The second-order valence-electron chi connectivity index (χ2n) is 9.43. The zero-order valence-corrected chi connectivity index (χ0v) is 23.2. The van der Waals surface area contributed by atoms with Crippen LogP contribution in [0.3, 0.4) is 0 Å². The van der Waals surface area contributed by atoms with Crippen molar-refractivity contribution < 1.29 is 35.9 Å². The molecule has 0 saturated carbocycles. The van der Waals surface area contributed by atoms with Gasteiger partial charge in [-0.3, -0.25) is 4.79 Å². The second-order valence-corrected chi connectivity index (χ2v) is 12.1. The number of carbonyl (C=O) groups is 2. The van der Waals surface area contributed by atoms with Crippen LogP contribution in [-0.4, -0.2) is 62.1 Å². The van der Waals surface area contributed by atoms with Crippen molar-refractivity contribution in [2.45, 2.75) is 50.7 Å². The molecule has 4 rings (SSSR count). The normalized spacial score (nSPS) is 15.9. The summed E-state index contributed by atoms with van der Waals surface area (Å²) in [7, 11) is -4.56. The maximum absolute atomic E-state index is 13.6. The molecule has 1 unspecified atom stereocenters. The molecule has 0 spiro atoms. The molecule has 1 aliphatic rings. The van der Waals surface area contributed by atoms with E-state index in [0.717, 1.165) is 31.1 Å². The lowest BCUT2D eigenvalue weighted by Crippen LogP contribution is -2.43. The van der Waals surface area contributed by atoms with Crippen molar-refractivity contribution in [1.82, 2.24) is 14.6 Å². The fraction of sp³-hybridized carbons (Fsp3) is 0.423. The van der Waals surface area contributed by atoms with Gasteiger partial charge in [-0.15, -0.1) is 11.3 Å². The number of thiazole rings is 1. The lowest BCUT2D eigenvalue weighted by molar-refractivity contribution is -0.147. The van der Waals surface area contributed by atoms with Gasteiger partial charge in [-0.25, -0.2) is 18.2 Å². The fourth-order valence-corrected chi connectivity index (χ4v) is 6.79. The van der Waals surface area contributed by atoms with Gasteiger partial charge in [0.15, 0.2) is 0 Å². The Bertz CT molecular complexity index is 1500. The third-order valence-corrected chi connectivity index (χ3v) is 9.26. The molecule has 13 heteroatoms. The Morgan fingerprint density at radius 3 is 2.41 bits per heavy atom. The highest BCUT2D eigenvalue weighted by Gasteiger charge is 2.39. The van der Waals surface area contributed by atoms with Crippen LogP contribution >= 0.6 is 11.3 Å². The third-order valence-electron chi connectivity index (χ3n) is 6.59. The van der Waals surface area contributed by atoms with Gasteiger partial charge in [0, 0.05) is 24.0 Å². The number of halogens is 3. The van der Waals surface area contributed by atoms with Crippen LogP contribution in [-0.2, 0) is 14.8 Å². The van der Waals surface area contributed by atoms with Crippen LogP contribution in [0.2, 0.25) is 0 Å². The summed E-state index contributed by atoms with van der Waals surface area (Å²) in [4.78, 5) is 32.1. The number of benzene rings is 2. The molecule has 3 aromatic rings. The van der Waals surface area contributed by atoms with Crippen molar-refractivity contribution in [3.63, 3.8) is 0 Å². The highest BCUT2D eigenvalue weighted by atomic mass is 32.2. The van der Waals surface area contributed by atoms with E-state index in [0.29, 0.717) is 34.8 Å². The maximum Gasteiger partial charge on any atom is 0.404 e. The molecule has 1 saturated heterocycles. The van der Waals surface area contributed by atoms with Crippen LogP contribution < -0.4 is 4.72 Å². The van der Waals surface area contributed by atoms with Gasteiger partial charge < -0.3 is 9.64 Å². The number of fused-ring (bicyclic) bond motifs is 1. The molecule has 39 heavy (non-hydrogen) atoms. The number of carbonyl (C=O) groups excluding carboxylic acids is 2. The van der Waals surface area contributed by atoms with Crippen LogP contribution in [0, 0.1) is 5.92 Å². The molecule has 2 aromatic carbocycles. The fourth-order valence-electron chi connectivity index (χ4n) is 4.36. The lowest BCUT2D eigenvalue weighted by Gasteiger charge is -2.30. The minimum Gasteiger partial charge on any atom is -0.461 e. The number of esters is 1. The van der Waals surface area contributed by atoms with Crippen LogP contribution in [0.25, 0.3) is 21.2 Å². The van der Waals surface area contributed by atoms with Crippen molar-refractivity contribution in [3.8, 4) is 10.4 Å². The molecule has 0 radical (unpaired) electrons. The Labute approximate surface area is 228 Å². The molecule has 2 heterocycles. The van der Waals surface area contributed by atoms with E-state index in [1.54, 1.807) is 34.7 Å². The number of sulfonamides is 1. The number of alkyl halides is 3. The SMILES string of the molecule is CCOC(=O)c1nc(C(=O)N2CCC(C)CC2)c(-c2ccc(S(=O)(=O)NC(C)C(F)(F)F)c3ccccc23)s1. The third kappa shape index (κ3) is 6.10. The van der Waals surface area contributed by atoms with Crippen molar-refractivity contribution in [2.75, 3.05) is 19.7 Å². The predicted molar refractivity (Wildman–Crippen MR) is 141 cm³/mol. The predicted octanol–water partition coefficient (Wildman–Crippen LogP) is 5.24. The van der Waals surface area contributed by atoms with Gasteiger partial charge >= 0.3 is 12.1 Å². The highest BCUT2D eigenvalue weighted by molar-refractivity contribution is 7.89. The van der Waals surface area contributed by atoms with E-state index in [1.807, 2.05) is 0 Å².